The van der Waals surface area contributed by atoms with Crippen LogP contribution in [0.2, 0.25) is 0 Å². The Kier molecular flexibility index (Phi) is 7.02. The molecule has 0 spiro atoms. The topological polar surface area (TPSA) is 38.0 Å². The third-order valence-corrected chi connectivity index (χ3v) is 5.70. The van der Waals surface area contributed by atoms with Gasteiger partial charge in [-0.05, 0) is 13.3 Å². The molecule has 0 aromatic heterocycles. The van der Waals surface area contributed by atoms with Gasteiger partial charge < -0.3 is 15.1 Å². The molecule has 0 radical (unpaired) electrons. The Morgan fingerprint density at radius 1 is 0.926 bits per heavy atom. The highest BCUT2D eigenvalue weighted by atomic mass is 16.2. The molecule has 1 atom stereocenters. The van der Waals surface area contributed by atoms with Crippen molar-refractivity contribution in [2.75, 3.05) is 32.7 Å². The van der Waals surface area contributed by atoms with Gasteiger partial charge in [0, 0.05) is 17.2 Å². The van der Waals surface area contributed by atoms with Gasteiger partial charge in [0.15, 0.2) is 6.54 Å². The van der Waals surface area contributed by atoms with Gasteiger partial charge in [-0.3, -0.25) is 4.79 Å². The van der Waals surface area contributed by atoms with Crippen LogP contribution in [0.1, 0.15) is 37.4 Å². The summed E-state index contributed by atoms with van der Waals surface area (Å²) in [5.41, 5.74) is 2.74. The summed E-state index contributed by atoms with van der Waals surface area (Å²) in [6, 6.07) is 22.3. The molecule has 0 saturated carbocycles. The molecule has 1 heterocycles. The summed E-state index contributed by atoms with van der Waals surface area (Å²) in [5.74, 6) is 0.186. The van der Waals surface area contributed by atoms with E-state index in [1.807, 2.05) is 0 Å². The average molecular weight is 368 g/mol. The highest BCUT2D eigenvalue weighted by molar-refractivity contribution is 5.77. The predicted molar refractivity (Wildman–Crippen MR) is 109 cm³/mol. The number of nitrogens with one attached hydrogen (secondary N) is 3. The molecule has 2 aromatic rings. The molecule has 2 aromatic carbocycles. The third kappa shape index (κ3) is 5.41. The van der Waals surface area contributed by atoms with Crippen molar-refractivity contribution >= 4 is 5.91 Å². The van der Waals surface area contributed by atoms with E-state index in [0.717, 1.165) is 32.6 Å². The third-order valence-electron chi connectivity index (χ3n) is 5.70. The molecule has 1 amide bonds. The summed E-state index contributed by atoms with van der Waals surface area (Å²) in [6.07, 6.45) is 0.981. The monoisotopic (exact) mass is 367 g/mol. The molecular formula is C23H33N3O+2. The van der Waals surface area contributed by atoms with Gasteiger partial charge in [-0.15, -0.1) is 0 Å². The molecule has 3 rings (SSSR count). The Morgan fingerprint density at radius 3 is 1.93 bits per heavy atom. The van der Waals surface area contributed by atoms with E-state index in [2.05, 4.69) is 79.8 Å². The average Bonchev–Trinajstić information content (AvgIpc) is 2.71. The lowest BCUT2D eigenvalue weighted by Crippen LogP contribution is -3.28. The van der Waals surface area contributed by atoms with Gasteiger partial charge in [0.05, 0.1) is 0 Å². The zero-order chi connectivity index (χ0) is 19.1. The van der Waals surface area contributed by atoms with E-state index >= 15 is 0 Å². The Bertz CT molecular complexity index is 657. The molecule has 1 aliphatic rings. The van der Waals surface area contributed by atoms with Crippen LogP contribution in [0.5, 0.6) is 0 Å². The summed E-state index contributed by atoms with van der Waals surface area (Å²) in [7, 11) is 0. The molecule has 144 valence electrons. The van der Waals surface area contributed by atoms with Gasteiger partial charge in [0.25, 0.3) is 5.91 Å². The van der Waals surface area contributed by atoms with E-state index in [9.17, 15) is 4.79 Å². The van der Waals surface area contributed by atoms with Crippen molar-refractivity contribution in [3.05, 3.63) is 71.8 Å². The number of amides is 1. The van der Waals surface area contributed by atoms with Crippen molar-refractivity contribution in [3.63, 3.8) is 0 Å². The van der Waals surface area contributed by atoms with Crippen LogP contribution < -0.4 is 15.1 Å². The molecule has 1 fully saturated rings. The normalized spacial score (nSPS) is 21.0. The van der Waals surface area contributed by atoms with Gasteiger partial charge in [-0.1, -0.05) is 67.6 Å². The maximum absolute atomic E-state index is 12.2. The second-order valence-electron chi connectivity index (χ2n) is 7.72. The number of piperazine rings is 1. The summed E-state index contributed by atoms with van der Waals surface area (Å²) < 4.78 is 0. The van der Waals surface area contributed by atoms with Crippen molar-refractivity contribution < 1.29 is 14.6 Å². The maximum Gasteiger partial charge on any atom is 0.275 e. The fourth-order valence-corrected chi connectivity index (χ4v) is 4.00. The number of carbonyl (C=O) groups is 1. The summed E-state index contributed by atoms with van der Waals surface area (Å²) in [5, 5.41) is 3.10. The van der Waals surface area contributed by atoms with Gasteiger partial charge in [-0.25, -0.2) is 0 Å². The predicted octanol–water partition coefficient (Wildman–Crippen LogP) is 0.474. The molecule has 1 saturated heterocycles. The molecule has 27 heavy (non-hydrogen) atoms. The number of quaternary nitrogens is 2. The number of rotatable bonds is 7. The Balaban J connectivity index is 1.64. The zero-order valence-electron chi connectivity index (χ0n) is 16.6. The number of benzene rings is 2. The smallest absolute Gasteiger partial charge is 0.275 e. The van der Waals surface area contributed by atoms with Crippen LogP contribution in [0.15, 0.2) is 60.7 Å². The SMILES string of the molecule is CC[C@H](C)NC(=O)C[NH+]1CC[NH+](C(c2ccccc2)c2ccccc2)CC1. The van der Waals surface area contributed by atoms with Gasteiger partial charge in [0.1, 0.15) is 32.2 Å². The van der Waals surface area contributed by atoms with Crippen LogP contribution in [-0.2, 0) is 4.79 Å². The highest BCUT2D eigenvalue weighted by Crippen LogP contribution is 2.18. The van der Waals surface area contributed by atoms with Gasteiger partial charge in [-0.2, -0.15) is 0 Å². The van der Waals surface area contributed by atoms with E-state index in [-0.39, 0.29) is 11.9 Å². The lowest BCUT2D eigenvalue weighted by Gasteiger charge is -2.35. The molecule has 0 unspecified atom stereocenters. The molecule has 3 N–H and O–H groups in total. The molecule has 1 aliphatic heterocycles. The Morgan fingerprint density at radius 2 is 1.44 bits per heavy atom. The first-order valence-corrected chi connectivity index (χ1v) is 10.2. The van der Waals surface area contributed by atoms with Gasteiger partial charge >= 0.3 is 0 Å². The van der Waals surface area contributed by atoms with E-state index in [4.69, 9.17) is 0 Å². The van der Waals surface area contributed by atoms with Crippen molar-refractivity contribution in [2.45, 2.75) is 32.4 Å². The van der Waals surface area contributed by atoms with E-state index < -0.39 is 0 Å². The molecule has 0 aliphatic carbocycles. The fourth-order valence-electron chi connectivity index (χ4n) is 4.00. The van der Waals surface area contributed by atoms with Crippen LogP contribution in [0.3, 0.4) is 0 Å². The minimum absolute atomic E-state index is 0.186. The van der Waals surface area contributed by atoms with Crippen LogP contribution in [0, 0.1) is 0 Å². The second kappa shape index (κ2) is 9.67. The minimum Gasteiger partial charge on any atom is -0.349 e. The zero-order valence-corrected chi connectivity index (χ0v) is 16.6. The van der Waals surface area contributed by atoms with Crippen LogP contribution in [0.4, 0.5) is 0 Å². The lowest BCUT2D eigenvalue weighted by molar-refractivity contribution is -1.02. The lowest BCUT2D eigenvalue weighted by atomic mass is 9.96. The summed E-state index contributed by atoms with van der Waals surface area (Å²) >= 11 is 0. The Hall–Kier alpha value is -2.17. The fraction of sp³-hybridized carbons (Fsp3) is 0.435. The van der Waals surface area contributed by atoms with Crippen molar-refractivity contribution in [3.8, 4) is 0 Å². The standard InChI is InChI=1S/C23H31N3O/c1-3-19(2)24-22(27)18-25-14-16-26(17-15-25)23(20-10-6-4-7-11-20)21-12-8-5-9-13-21/h4-13,19,23H,3,14-18H2,1-2H3,(H,24,27)/p+2/t19-/m0/s1. The van der Waals surface area contributed by atoms with E-state index in [1.165, 1.54) is 16.0 Å². The molecular weight excluding hydrogens is 334 g/mol. The molecule has 0 bridgehead atoms. The summed E-state index contributed by atoms with van der Waals surface area (Å²) in [4.78, 5) is 15.2. The van der Waals surface area contributed by atoms with Crippen LogP contribution in [0.25, 0.3) is 0 Å². The van der Waals surface area contributed by atoms with E-state index in [0.29, 0.717) is 12.6 Å². The highest BCUT2D eigenvalue weighted by Gasteiger charge is 2.32. The van der Waals surface area contributed by atoms with Crippen LogP contribution >= 0.6 is 0 Å². The largest absolute Gasteiger partial charge is 0.349 e. The van der Waals surface area contributed by atoms with Crippen LogP contribution in [-0.4, -0.2) is 44.7 Å². The first kappa shape index (κ1) is 19.6. The summed E-state index contributed by atoms with van der Waals surface area (Å²) in [6.45, 7) is 9.02. The van der Waals surface area contributed by atoms with Crippen molar-refractivity contribution in [1.29, 1.82) is 0 Å². The number of hydrogen-bond acceptors (Lipinski definition) is 1. The molecule has 4 nitrogen and oxygen atoms in total. The first-order valence-electron chi connectivity index (χ1n) is 10.2. The number of carbonyl (C=O) groups excluding carboxylic acids is 1. The second-order valence-corrected chi connectivity index (χ2v) is 7.72. The maximum atomic E-state index is 12.2. The first-order chi connectivity index (χ1) is 13.2. The molecule has 4 heteroatoms. The van der Waals surface area contributed by atoms with E-state index in [1.54, 1.807) is 4.90 Å². The van der Waals surface area contributed by atoms with Crippen molar-refractivity contribution in [1.82, 2.24) is 5.32 Å². The Labute approximate surface area is 163 Å². The quantitative estimate of drug-likeness (QED) is 0.654. The van der Waals surface area contributed by atoms with Gasteiger partial charge in [0.2, 0.25) is 0 Å². The number of hydrogen-bond donors (Lipinski definition) is 3. The van der Waals surface area contributed by atoms with Crippen molar-refractivity contribution in [2.24, 2.45) is 0 Å². The minimum atomic E-state index is 0.186.